The van der Waals surface area contributed by atoms with Crippen LogP contribution in [0, 0.1) is 5.82 Å². The van der Waals surface area contributed by atoms with E-state index in [0.717, 1.165) is 0 Å². The summed E-state index contributed by atoms with van der Waals surface area (Å²) in [6.07, 6.45) is 0.0181. The Morgan fingerprint density at radius 1 is 1.37 bits per heavy atom. The molecule has 2 N–H and O–H groups in total. The molecule has 0 aliphatic carbocycles. The van der Waals surface area contributed by atoms with Gasteiger partial charge in [-0.2, -0.15) is 0 Å². The lowest BCUT2D eigenvalue weighted by Gasteiger charge is -2.19. The molecule has 19 heavy (non-hydrogen) atoms. The predicted octanol–water partition coefficient (Wildman–Crippen LogP) is 2.93. The van der Waals surface area contributed by atoms with Crippen molar-refractivity contribution in [2.75, 3.05) is 18.9 Å². The van der Waals surface area contributed by atoms with E-state index in [9.17, 15) is 9.18 Å². The van der Waals surface area contributed by atoms with Gasteiger partial charge in [0.15, 0.2) is 0 Å². The van der Waals surface area contributed by atoms with Crippen molar-refractivity contribution in [2.24, 2.45) is 0 Å². The summed E-state index contributed by atoms with van der Waals surface area (Å²) in [5.41, 5.74) is 0.430. The third kappa shape index (κ3) is 5.70. The maximum atomic E-state index is 13.7. The number of hydrogen-bond donors (Lipinski definition) is 2. The Bertz CT molecular complexity index is 442. The van der Waals surface area contributed by atoms with Gasteiger partial charge in [0.05, 0.1) is 0 Å². The molecule has 0 fully saturated rings. The second kappa shape index (κ2) is 6.52. The molecule has 0 bridgehead atoms. The molecule has 0 aliphatic heterocycles. The summed E-state index contributed by atoms with van der Waals surface area (Å²) in [7, 11) is 1.82. The fourth-order valence-corrected chi connectivity index (χ4v) is 1.51. The molecule has 0 unspecified atom stereocenters. The predicted molar refractivity (Wildman–Crippen MR) is 73.9 cm³/mol. The molecule has 0 spiro atoms. The van der Waals surface area contributed by atoms with Crippen LogP contribution < -0.4 is 10.6 Å². The van der Waals surface area contributed by atoms with Crippen molar-refractivity contribution in [1.29, 1.82) is 0 Å². The number of rotatable bonds is 4. The van der Waals surface area contributed by atoms with Crippen molar-refractivity contribution < 1.29 is 13.9 Å². The largest absolute Gasteiger partial charge is 0.444 e. The number of anilines is 1. The van der Waals surface area contributed by atoms with E-state index in [-0.39, 0.29) is 5.82 Å². The van der Waals surface area contributed by atoms with E-state index in [1.165, 1.54) is 6.07 Å². The minimum atomic E-state index is -0.588. The van der Waals surface area contributed by atoms with Crippen LogP contribution in [0.3, 0.4) is 0 Å². The van der Waals surface area contributed by atoms with Gasteiger partial charge in [-0.3, -0.25) is 5.32 Å². The third-order valence-electron chi connectivity index (χ3n) is 2.34. The first-order valence-electron chi connectivity index (χ1n) is 6.25. The molecule has 0 aliphatic rings. The van der Waals surface area contributed by atoms with Crippen LogP contribution in [-0.2, 0) is 11.2 Å². The zero-order valence-corrected chi connectivity index (χ0v) is 11.8. The van der Waals surface area contributed by atoms with Gasteiger partial charge in [-0.25, -0.2) is 9.18 Å². The van der Waals surface area contributed by atoms with Gasteiger partial charge in [-0.1, -0.05) is 6.07 Å². The van der Waals surface area contributed by atoms with Crippen molar-refractivity contribution in [3.05, 3.63) is 29.6 Å². The number of nitrogens with one attached hydrogen (secondary N) is 2. The lowest BCUT2D eigenvalue weighted by molar-refractivity contribution is 0.0636. The van der Waals surface area contributed by atoms with E-state index in [1.807, 2.05) is 7.05 Å². The minimum absolute atomic E-state index is 0.330. The number of likely N-dealkylation sites (N-methyl/N-ethyl adjacent to an activating group) is 1. The standard InChI is InChI=1S/C14H21FN2O2/c1-14(2,3)19-13(18)17-11-6-5-10(7-8-16-4)12(15)9-11/h5-6,9,16H,7-8H2,1-4H3,(H,17,18). The average molecular weight is 268 g/mol. The van der Waals surface area contributed by atoms with Crippen molar-refractivity contribution in [3.63, 3.8) is 0 Å². The van der Waals surface area contributed by atoms with Crippen LogP contribution >= 0.6 is 0 Å². The van der Waals surface area contributed by atoms with Crippen molar-refractivity contribution in [2.45, 2.75) is 32.8 Å². The number of ether oxygens (including phenoxy) is 1. The molecule has 0 aromatic heterocycles. The molecule has 0 heterocycles. The van der Waals surface area contributed by atoms with Gasteiger partial charge < -0.3 is 10.1 Å². The molecule has 0 atom stereocenters. The number of carbonyl (C=O) groups excluding carboxylic acids is 1. The second-order valence-corrected chi connectivity index (χ2v) is 5.29. The average Bonchev–Trinajstić information content (AvgIpc) is 2.25. The summed E-state index contributed by atoms with van der Waals surface area (Å²) >= 11 is 0. The number of carbonyl (C=O) groups is 1. The Morgan fingerprint density at radius 3 is 2.58 bits per heavy atom. The van der Waals surface area contributed by atoms with E-state index in [2.05, 4.69) is 10.6 Å². The van der Waals surface area contributed by atoms with Gasteiger partial charge in [-0.15, -0.1) is 0 Å². The first kappa shape index (κ1) is 15.4. The van der Waals surface area contributed by atoms with E-state index in [1.54, 1.807) is 32.9 Å². The van der Waals surface area contributed by atoms with Crippen LogP contribution in [0.25, 0.3) is 0 Å². The monoisotopic (exact) mass is 268 g/mol. The Kier molecular flexibility index (Phi) is 5.30. The molecule has 1 aromatic rings. The van der Waals surface area contributed by atoms with Gasteiger partial charge >= 0.3 is 6.09 Å². The molecule has 0 radical (unpaired) electrons. The van der Waals surface area contributed by atoms with Gasteiger partial charge in [-0.05, 0) is 58.5 Å². The SMILES string of the molecule is CNCCc1ccc(NC(=O)OC(C)(C)C)cc1F. The van der Waals surface area contributed by atoms with E-state index < -0.39 is 11.7 Å². The normalized spacial score (nSPS) is 11.2. The summed E-state index contributed by atoms with van der Waals surface area (Å²) in [5, 5.41) is 5.47. The number of hydrogen-bond acceptors (Lipinski definition) is 3. The first-order chi connectivity index (χ1) is 8.81. The van der Waals surface area contributed by atoms with Crippen molar-refractivity contribution in [1.82, 2.24) is 5.32 Å². The van der Waals surface area contributed by atoms with Crippen LogP contribution in [0.1, 0.15) is 26.3 Å². The molecule has 1 amide bonds. The summed E-state index contributed by atoms with van der Waals surface area (Å²) in [6, 6.07) is 4.63. The zero-order chi connectivity index (χ0) is 14.5. The lowest BCUT2D eigenvalue weighted by atomic mass is 10.1. The fourth-order valence-electron chi connectivity index (χ4n) is 1.51. The Labute approximate surface area is 113 Å². The third-order valence-corrected chi connectivity index (χ3v) is 2.34. The van der Waals surface area contributed by atoms with Crippen LogP contribution in [0.15, 0.2) is 18.2 Å². The van der Waals surface area contributed by atoms with Gasteiger partial charge in [0, 0.05) is 5.69 Å². The Hall–Kier alpha value is -1.62. The highest BCUT2D eigenvalue weighted by Gasteiger charge is 2.16. The summed E-state index contributed by atoms with van der Waals surface area (Å²) < 4.78 is 18.8. The van der Waals surface area contributed by atoms with Gasteiger partial charge in [0.2, 0.25) is 0 Å². The molecule has 1 aromatic carbocycles. The maximum Gasteiger partial charge on any atom is 0.412 e. The minimum Gasteiger partial charge on any atom is -0.444 e. The lowest BCUT2D eigenvalue weighted by Crippen LogP contribution is -2.27. The molecule has 0 saturated heterocycles. The van der Waals surface area contributed by atoms with E-state index >= 15 is 0 Å². The topological polar surface area (TPSA) is 50.4 Å². The van der Waals surface area contributed by atoms with Gasteiger partial charge in [0.1, 0.15) is 11.4 Å². The Balaban J connectivity index is 2.65. The Morgan fingerprint density at radius 2 is 2.05 bits per heavy atom. The van der Waals surface area contributed by atoms with Crippen LogP contribution in [0.4, 0.5) is 14.9 Å². The van der Waals surface area contributed by atoms with Crippen LogP contribution in [0.5, 0.6) is 0 Å². The first-order valence-corrected chi connectivity index (χ1v) is 6.25. The zero-order valence-electron chi connectivity index (χ0n) is 11.8. The molecule has 5 heteroatoms. The fraction of sp³-hybridized carbons (Fsp3) is 0.500. The second-order valence-electron chi connectivity index (χ2n) is 5.29. The molecule has 0 saturated carbocycles. The van der Waals surface area contributed by atoms with Crippen LogP contribution in [-0.4, -0.2) is 25.3 Å². The quantitative estimate of drug-likeness (QED) is 0.882. The van der Waals surface area contributed by atoms with E-state index in [0.29, 0.717) is 24.2 Å². The highest BCUT2D eigenvalue weighted by atomic mass is 19.1. The van der Waals surface area contributed by atoms with Crippen molar-refractivity contribution in [3.8, 4) is 0 Å². The molecular formula is C14H21FN2O2. The summed E-state index contributed by atoms with van der Waals surface area (Å²) in [4.78, 5) is 11.5. The van der Waals surface area contributed by atoms with Crippen molar-refractivity contribution >= 4 is 11.8 Å². The highest BCUT2D eigenvalue weighted by molar-refractivity contribution is 5.84. The smallest absolute Gasteiger partial charge is 0.412 e. The van der Waals surface area contributed by atoms with E-state index in [4.69, 9.17) is 4.74 Å². The molecule has 4 nitrogen and oxygen atoms in total. The van der Waals surface area contributed by atoms with Gasteiger partial charge in [0.25, 0.3) is 0 Å². The number of amides is 1. The molecule has 1 rings (SSSR count). The number of benzene rings is 1. The summed E-state index contributed by atoms with van der Waals surface area (Å²) in [5.74, 6) is -0.330. The molecule has 106 valence electrons. The molecular weight excluding hydrogens is 247 g/mol. The highest BCUT2D eigenvalue weighted by Crippen LogP contribution is 2.16. The number of halogens is 1. The van der Waals surface area contributed by atoms with Crippen LogP contribution in [0.2, 0.25) is 0 Å². The summed E-state index contributed by atoms with van der Waals surface area (Å²) in [6.45, 7) is 6.02. The maximum absolute atomic E-state index is 13.7.